The number of ether oxygens (including phenoxy) is 1. The van der Waals surface area contributed by atoms with Gasteiger partial charge in [0.05, 0.1) is 18.7 Å². The van der Waals surface area contributed by atoms with Gasteiger partial charge in [-0.05, 0) is 62.1 Å². The summed E-state index contributed by atoms with van der Waals surface area (Å²) in [5.41, 5.74) is 3.60. The molecule has 0 radical (unpaired) electrons. The first-order valence-corrected chi connectivity index (χ1v) is 10.1. The lowest BCUT2D eigenvalue weighted by Gasteiger charge is -2.36. The summed E-state index contributed by atoms with van der Waals surface area (Å²) < 4.78 is 7.11. The molecule has 2 atom stereocenters. The van der Waals surface area contributed by atoms with Gasteiger partial charge in [-0.25, -0.2) is 0 Å². The van der Waals surface area contributed by atoms with Crippen molar-refractivity contribution in [2.75, 3.05) is 20.2 Å². The van der Waals surface area contributed by atoms with E-state index in [2.05, 4.69) is 28.3 Å². The van der Waals surface area contributed by atoms with E-state index in [0.29, 0.717) is 11.8 Å². The number of piperidine rings is 1. The van der Waals surface area contributed by atoms with Crippen molar-refractivity contribution >= 4 is 5.91 Å². The van der Waals surface area contributed by atoms with Crippen molar-refractivity contribution in [3.63, 3.8) is 0 Å². The Morgan fingerprint density at radius 2 is 2.04 bits per heavy atom. The average molecular weight is 367 g/mol. The highest BCUT2D eigenvalue weighted by atomic mass is 16.5. The fourth-order valence-corrected chi connectivity index (χ4v) is 4.67. The van der Waals surface area contributed by atoms with Crippen LogP contribution in [0, 0.1) is 5.92 Å². The molecule has 1 fully saturated rings. The number of aromatic nitrogens is 2. The minimum atomic E-state index is 0.00202. The van der Waals surface area contributed by atoms with Crippen LogP contribution in [0.1, 0.15) is 48.4 Å². The summed E-state index contributed by atoms with van der Waals surface area (Å²) in [4.78, 5) is 15.4. The third kappa shape index (κ3) is 3.87. The number of aryl methyl sites for hydroxylation is 2. The number of amides is 1. The van der Waals surface area contributed by atoms with Crippen LogP contribution >= 0.6 is 0 Å². The molecule has 2 aliphatic rings. The molecule has 1 aromatic carbocycles. The number of carbonyl (C=O) groups excluding carboxylic acids is 1. The summed E-state index contributed by atoms with van der Waals surface area (Å²) in [7, 11) is 3.64. The molecule has 4 rings (SSSR count). The van der Waals surface area contributed by atoms with E-state index >= 15 is 0 Å². The quantitative estimate of drug-likeness (QED) is 0.833. The molecule has 0 saturated carbocycles. The standard InChI is InChI=1S/C22H29N3O2/c1-24-15-20-19(6-3-7-21(20)23-24)22(26)25-12-4-5-17(14-25)13-16-8-10-18(27-2)11-9-16/h8-11,15,17,19H,3-7,12-14H2,1-2H3. The molecule has 1 amide bonds. The summed E-state index contributed by atoms with van der Waals surface area (Å²) in [6.07, 6.45) is 8.38. The van der Waals surface area contributed by atoms with Gasteiger partial charge in [0.2, 0.25) is 5.91 Å². The normalized spacial score (nSPS) is 22.4. The number of fused-ring (bicyclic) bond motifs is 1. The van der Waals surface area contributed by atoms with Crippen molar-refractivity contribution in [3.05, 3.63) is 47.3 Å². The summed E-state index contributed by atoms with van der Waals surface area (Å²) in [5, 5.41) is 4.55. The van der Waals surface area contributed by atoms with E-state index in [4.69, 9.17) is 4.74 Å². The maximum atomic E-state index is 13.3. The molecule has 0 N–H and O–H groups in total. The Balaban J connectivity index is 1.42. The van der Waals surface area contributed by atoms with Gasteiger partial charge >= 0.3 is 0 Å². The van der Waals surface area contributed by atoms with Gasteiger partial charge in [0.1, 0.15) is 5.75 Å². The van der Waals surface area contributed by atoms with Gasteiger partial charge in [-0.2, -0.15) is 5.10 Å². The molecule has 2 aromatic rings. The number of methoxy groups -OCH3 is 1. The SMILES string of the molecule is COc1ccc(CC2CCCN(C(=O)C3CCCc4nn(C)cc43)C2)cc1. The van der Waals surface area contributed by atoms with Crippen molar-refractivity contribution in [3.8, 4) is 5.75 Å². The van der Waals surface area contributed by atoms with Gasteiger partial charge in [-0.15, -0.1) is 0 Å². The zero-order chi connectivity index (χ0) is 18.8. The fourth-order valence-electron chi connectivity index (χ4n) is 4.67. The third-order valence-corrected chi connectivity index (χ3v) is 6.03. The molecule has 1 saturated heterocycles. The lowest BCUT2D eigenvalue weighted by Crippen LogP contribution is -2.43. The first-order chi connectivity index (χ1) is 13.1. The van der Waals surface area contributed by atoms with Crippen LogP contribution in [0.25, 0.3) is 0 Å². The molecule has 2 unspecified atom stereocenters. The number of carbonyl (C=O) groups is 1. The van der Waals surface area contributed by atoms with Gasteiger partial charge < -0.3 is 9.64 Å². The average Bonchev–Trinajstić information content (AvgIpc) is 3.08. The molecule has 5 heteroatoms. The lowest BCUT2D eigenvalue weighted by molar-refractivity contribution is -0.135. The number of hydrogen-bond acceptors (Lipinski definition) is 3. The maximum Gasteiger partial charge on any atom is 0.230 e. The first-order valence-electron chi connectivity index (χ1n) is 10.1. The number of benzene rings is 1. The van der Waals surface area contributed by atoms with Gasteiger partial charge in [0.15, 0.2) is 0 Å². The summed E-state index contributed by atoms with van der Waals surface area (Å²) in [6.45, 7) is 1.76. The largest absolute Gasteiger partial charge is 0.497 e. The second-order valence-corrected chi connectivity index (χ2v) is 7.99. The molecule has 1 aliphatic heterocycles. The van der Waals surface area contributed by atoms with E-state index in [9.17, 15) is 4.79 Å². The van der Waals surface area contributed by atoms with Crippen molar-refractivity contribution in [1.82, 2.24) is 14.7 Å². The molecule has 2 heterocycles. The maximum absolute atomic E-state index is 13.3. The first kappa shape index (κ1) is 18.1. The Bertz CT molecular complexity index is 796. The van der Waals surface area contributed by atoms with Crippen molar-refractivity contribution in [1.29, 1.82) is 0 Å². The Hall–Kier alpha value is -2.30. The topological polar surface area (TPSA) is 47.4 Å². The molecule has 27 heavy (non-hydrogen) atoms. The summed E-state index contributed by atoms with van der Waals surface area (Å²) in [6, 6.07) is 8.32. The van der Waals surface area contributed by atoms with E-state index in [1.165, 1.54) is 12.0 Å². The highest BCUT2D eigenvalue weighted by Crippen LogP contribution is 2.33. The van der Waals surface area contributed by atoms with Crippen LogP contribution in [-0.2, 0) is 24.7 Å². The molecular formula is C22H29N3O2. The van der Waals surface area contributed by atoms with Crippen LogP contribution in [-0.4, -0.2) is 40.8 Å². The molecule has 0 bridgehead atoms. The molecule has 144 valence electrons. The van der Waals surface area contributed by atoms with Gasteiger partial charge in [0.25, 0.3) is 0 Å². The van der Waals surface area contributed by atoms with Gasteiger partial charge in [0, 0.05) is 31.9 Å². The van der Waals surface area contributed by atoms with E-state index in [0.717, 1.165) is 62.2 Å². The van der Waals surface area contributed by atoms with E-state index < -0.39 is 0 Å². The molecule has 5 nitrogen and oxygen atoms in total. The van der Waals surface area contributed by atoms with Crippen LogP contribution in [0.5, 0.6) is 5.75 Å². The second-order valence-electron chi connectivity index (χ2n) is 7.99. The zero-order valence-corrected chi connectivity index (χ0v) is 16.4. The van der Waals surface area contributed by atoms with Crippen molar-refractivity contribution < 1.29 is 9.53 Å². The highest BCUT2D eigenvalue weighted by molar-refractivity contribution is 5.84. The van der Waals surface area contributed by atoms with Crippen molar-refractivity contribution in [2.24, 2.45) is 13.0 Å². The predicted octanol–water partition coefficient (Wildman–Crippen LogP) is 3.33. The van der Waals surface area contributed by atoms with Crippen molar-refractivity contribution in [2.45, 2.75) is 44.4 Å². The number of hydrogen-bond donors (Lipinski definition) is 0. The Kier molecular flexibility index (Phi) is 5.19. The minimum Gasteiger partial charge on any atom is -0.497 e. The molecular weight excluding hydrogens is 338 g/mol. The molecule has 1 aliphatic carbocycles. The number of rotatable bonds is 4. The summed E-state index contributed by atoms with van der Waals surface area (Å²) >= 11 is 0. The van der Waals surface area contributed by atoms with Gasteiger partial charge in [-0.1, -0.05) is 12.1 Å². The van der Waals surface area contributed by atoms with Crippen LogP contribution in [0.3, 0.4) is 0 Å². The van der Waals surface area contributed by atoms with E-state index in [1.807, 2.05) is 23.9 Å². The number of nitrogens with zero attached hydrogens (tertiary/aromatic N) is 3. The molecule has 1 aromatic heterocycles. The van der Waals surface area contributed by atoms with Crippen LogP contribution in [0.2, 0.25) is 0 Å². The van der Waals surface area contributed by atoms with Crippen LogP contribution in [0.4, 0.5) is 0 Å². The number of likely N-dealkylation sites (tertiary alicyclic amines) is 1. The minimum absolute atomic E-state index is 0.00202. The van der Waals surface area contributed by atoms with Crippen LogP contribution < -0.4 is 4.74 Å². The van der Waals surface area contributed by atoms with Gasteiger partial charge in [-0.3, -0.25) is 9.48 Å². The molecule has 0 spiro atoms. The fraction of sp³-hybridized carbons (Fsp3) is 0.545. The Labute approximate surface area is 161 Å². The highest BCUT2D eigenvalue weighted by Gasteiger charge is 2.33. The van der Waals surface area contributed by atoms with Crippen LogP contribution in [0.15, 0.2) is 30.5 Å². The van der Waals surface area contributed by atoms with E-state index in [1.54, 1.807) is 7.11 Å². The van der Waals surface area contributed by atoms with E-state index in [-0.39, 0.29) is 5.92 Å². The monoisotopic (exact) mass is 367 g/mol. The Morgan fingerprint density at radius 3 is 2.81 bits per heavy atom. The lowest BCUT2D eigenvalue weighted by atomic mass is 9.84. The smallest absolute Gasteiger partial charge is 0.230 e. The summed E-state index contributed by atoms with van der Waals surface area (Å²) in [5.74, 6) is 1.74. The third-order valence-electron chi connectivity index (χ3n) is 6.03. The zero-order valence-electron chi connectivity index (χ0n) is 16.4. The Morgan fingerprint density at radius 1 is 1.22 bits per heavy atom. The predicted molar refractivity (Wildman–Crippen MR) is 105 cm³/mol. The second kappa shape index (κ2) is 7.75.